The summed E-state index contributed by atoms with van der Waals surface area (Å²) in [6, 6.07) is 10.2. The van der Waals surface area contributed by atoms with Crippen molar-refractivity contribution in [1.29, 1.82) is 0 Å². The van der Waals surface area contributed by atoms with E-state index < -0.39 is 0 Å². The molecule has 2 aromatic rings. The predicted octanol–water partition coefficient (Wildman–Crippen LogP) is 6.23. The number of pyridine rings is 1. The number of fused-ring (bicyclic) bond motifs is 1. The first-order chi connectivity index (χ1) is 14.5. The van der Waals surface area contributed by atoms with Crippen molar-refractivity contribution < 1.29 is 9.53 Å². The van der Waals surface area contributed by atoms with Crippen LogP contribution in [0.15, 0.2) is 60.3 Å². The highest BCUT2D eigenvalue weighted by Crippen LogP contribution is 2.18. The maximum Gasteiger partial charge on any atom is 0.244 e. The monoisotopic (exact) mass is 408 g/mol. The SMILES string of the molecule is CC(C=CCCCCCCCOc1cc2ccccc2cn1)=CC(=O)NCC(C)C. The minimum atomic E-state index is -0.00745. The second-order valence-electron chi connectivity index (χ2n) is 8.20. The van der Waals surface area contributed by atoms with E-state index in [0.29, 0.717) is 18.4 Å². The fraction of sp³-hybridized carbons (Fsp3) is 0.462. The Balaban J connectivity index is 1.50. The number of hydrogen-bond donors (Lipinski definition) is 1. The maximum atomic E-state index is 11.7. The van der Waals surface area contributed by atoms with Crippen LogP contribution in [0.25, 0.3) is 10.8 Å². The number of unbranched alkanes of at least 4 members (excludes halogenated alkanes) is 5. The highest BCUT2D eigenvalue weighted by Gasteiger charge is 1.99. The molecular formula is C26H36N2O2. The molecule has 0 atom stereocenters. The zero-order valence-corrected chi connectivity index (χ0v) is 18.7. The van der Waals surface area contributed by atoms with E-state index in [0.717, 1.165) is 35.7 Å². The number of allylic oxidation sites excluding steroid dienone is 3. The topological polar surface area (TPSA) is 51.2 Å². The third-order valence-electron chi connectivity index (χ3n) is 4.79. The molecule has 0 saturated carbocycles. The molecule has 0 fully saturated rings. The van der Waals surface area contributed by atoms with Crippen LogP contribution in [0.1, 0.15) is 59.3 Å². The molecule has 0 aliphatic rings. The highest BCUT2D eigenvalue weighted by atomic mass is 16.5. The number of benzene rings is 1. The smallest absolute Gasteiger partial charge is 0.244 e. The predicted molar refractivity (Wildman–Crippen MR) is 126 cm³/mol. The van der Waals surface area contributed by atoms with Crippen molar-refractivity contribution in [2.75, 3.05) is 13.2 Å². The molecule has 4 heteroatoms. The summed E-state index contributed by atoms with van der Waals surface area (Å²) in [4.78, 5) is 16.1. The van der Waals surface area contributed by atoms with E-state index in [2.05, 4.69) is 42.4 Å². The van der Waals surface area contributed by atoms with Crippen molar-refractivity contribution in [3.05, 3.63) is 60.3 Å². The van der Waals surface area contributed by atoms with Gasteiger partial charge in [-0.25, -0.2) is 4.98 Å². The van der Waals surface area contributed by atoms with Crippen LogP contribution in [0.4, 0.5) is 0 Å². The number of rotatable bonds is 13. The molecule has 1 heterocycles. The van der Waals surface area contributed by atoms with Gasteiger partial charge in [0, 0.05) is 30.3 Å². The van der Waals surface area contributed by atoms with Crippen molar-refractivity contribution in [2.45, 2.75) is 59.3 Å². The lowest BCUT2D eigenvalue weighted by Crippen LogP contribution is -2.25. The molecule has 0 radical (unpaired) electrons. The first kappa shape index (κ1) is 23.7. The molecular weight excluding hydrogens is 372 g/mol. The van der Waals surface area contributed by atoms with E-state index in [1.807, 2.05) is 37.4 Å². The number of hydrogen-bond acceptors (Lipinski definition) is 3. The number of nitrogens with zero attached hydrogens (tertiary/aromatic N) is 1. The van der Waals surface area contributed by atoms with Gasteiger partial charge in [-0.2, -0.15) is 0 Å². The number of carbonyl (C=O) groups excluding carboxylic acids is 1. The van der Waals surface area contributed by atoms with Crippen LogP contribution in [-0.2, 0) is 4.79 Å². The van der Waals surface area contributed by atoms with E-state index in [-0.39, 0.29) is 5.91 Å². The molecule has 30 heavy (non-hydrogen) atoms. The Labute approximate surface area is 181 Å². The van der Waals surface area contributed by atoms with Gasteiger partial charge >= 0.3 is 0 Å². The normalized spacial score (nSPS) is 12.1. The first-order valence-electron chi connectivity index (χ1n) is 11.1. The van der Waals surface area contributed by atoms with Crippen LogP contribution in [0.3, 0.4) is 0 Å². The Morgan fingerprint density at radius 2 is 1.83 bits per heavy atom. The van der Waals surface area contributed by atoms with Crippen LogP contribution in [0.5, 0.6) is 5.88 Å². The van der Waals surface area contributed by atoms with Gasteiger partial charge in [0.25, 0.3) is 0 Å². The van der Waals surface area contributed by atoms with Gasteiger partial charge in [0.05, 0.1) is 6.61 Å². The third kappa shape index (κ3) is 9.73. The van der Waals surface area contributed by atoms with Crippen molar-refractivity contribution in [3.63, 3.8) is 0 Å². The first-order valence-corrected chi connectivity index (χ1v) is 11.1. The molecule has 0 unspecified atom stereocenters. The summed E-state index contributed by atoms with van der Waals surface area (Å²) in [5.74, 6) is 1.17. The van der Waals surface area contributed by atoms with Gasteiger partial charge in [0.1, 0.15) is 0 Å². The number of carbonyl (C=O) groups is 1. The van der Waals surface area contributed by atoms with E-state index in [1.165, 1.54) is 25.7 Å². The van der Waals surface area contributed by atoms with E-state index in [4.69, 9.17) is 4.74 Å². The highest BCUT2D eigenvalue weighted by molar-refractivity contribution is 5.88. The zero-order chi connectivity index (χ0) is 21.6. The maximum absolute atomic E-state index is 11.7. The largest absolute Gasteiger partial charge is 0.478 e. The van der Waals surface area contributed by atoms with Crippen molar-refractivity contribution in [2.24, 2.45) is 5.92 Å². The Morgan fingerprint density at radius 1 is 1.10 bits per heavy atom. The summed E-state index contributed by atoms with van der Waals surface area (Å²) < 4.78 is 5.79. The van der Waals surface area contributed by atoms with E-state index in [9.17, 15) is 4.79 Å². The van der Waals surface area contributed by atoms with Gasteiger partial charge < -0.3 is 10.1 Å². The summed E-state index contributed by atoms with van der Waals surface area (Å²) in [7, 11) is 0. The Bertz CT molecular complexity index is 840. The van der Waals surface area contributed by atoms with Gasteiger partial charge in [-0.05, 0) is 43.1 Å². The van der Waals surface area contributed by atoms with Crippen LogP contribution in [-0.4, -0.2) is 24.0 Å². The van der Waals surface area contributed by atoms with Crippen LogP contribution in [0.2, 0.25) is 0 Å². The molecule has 0 aliphatic carbocycles. The molecule has 1 aromatic carbocycles. The Hall–Kier alpha value is -2.62. The van der Waals surface area contributed by atoms with Crippen molar-refractivity contribution in [1.82, 2.24) is 10.3 Å². The molecule has 1 amide bonds. The summed E-state index contributed by atoms with van der Waals surface area (Å²) in [6.07, 6.45) is 14.6. The summed E-state index contributed by atoms with van der Waals surface area (Å²) in [5.41, 5.74) is 0.996. The average molecular weight is 409 g/mol. The lowest BCUT2D eigenvalue weighted by molar-refractivity contribution is -0.116. The Kier molecular flexibility index (Phi) is 10.7. The van der Waals surface area contributed by atoms with E-state index in [1.54, 1.807) is 6.08 Å². The standard InChI is InChI=1S/C26H36N2O2/c1-21(2)19-27-25(29)17-22(3)13-9-7-5-4-6-8-12-16-30-26-18-23-14-10-11-15-24(23)20-28-26/h9-11,13-15,17-18,20-21H,4-8,12,16,19H2,1-3H3,(H,27,29). The number of nitrogens with one attached hydrogen (secondary N) is 1. The second kappa shape index (κ2) is 13.6. The lowest BCUT2D eigenvalue weighted by atomic mass is 10.1. The van der Waals surface area contributed by atoms with Gasteiger partial charge in [-0.1, -0.05) is 69.5 Å². The van der Waals surface area contributed by atoms with Gasteiger partial charge in [-0.3, -0.25) is 4.79 Å². The number of amides is 1. The second-order valence-corrected chi connectivity index (χ2v) is 8.20. The molecule has 1 aromatic heterocycles. The van der Waals surface area contributed by atoms with Crippen LogP contribution < -0.4 is 10.1 Å². The number of ether oxygens (including phenoxy) is 1. The molecule has 162 valence electrons. The third-order valence-corrected chi connectivity index (χ3v) is 4.79. The number of aromatic nitrogens is 1. The fourth-order valence-electron chi connectivity index (χ4n) is 3.09. The van der Waals surface area contributed by atoms with Crippen molar-refractivity contribution in [3.8, 4) is 5.88 Å². The fourth-order valence-corrected chi connectivity index (χ4v) is 3.09. The molecule has 0 saturated heterocycles. The molecule has 4 nitrogen and oxygen atoms in total. The zero-order valence-electron chi connectivity index (χ0n) is 18.7. The summed E-state index contributed by atoms with van der Waals surface area (Å²) in [5, 5.41) is 5.20. The average Bonchev–Trinajstić information content (AvgIpc) is 2.73. The van der Waals surface area contributed by atoms with Gasteiger partial charge in [0.15, 0.2) is 0 Å². The summed E-state index contributed by atoms with van der Waals surface area (Å²) >= 11 is 0. The molecule has 0 spiro atoms. The summed E-state index contributed by atoms with van der Waals surface area (Å²) in [6.45, 7) is 7.58. The minimum absolute atomic E-state index is 0.00745. The van der Waals surface area contributed by atoms with E-state index >= 15 is 0 Å². The molecule has 0 bridgehead atoms. The molecule has 0 aliphatic heterocycles. The van der Waals surface area contributed by atoms with Crippen LogP contribution >= 0.6 is 0 Å². The lowest BCUT2D eigenvalue weighted by Gasteiger charge is -2.06. The van der Waals surface area contributed by atoms with Crippen LogP contribution in [0, 0.1) is 5.92 Å². The quantitative estimate of drug-likeness (QED) is 0.243. The van der Waals surface area contributed by atoms with Crippen molar-refractivity contribution >= 4 is 16.7 Å². The molecule has 1 N–H and O–H groups in total. The Morgan fingerprint density at radius 3 is 2.63 bits per heavy atom. The van der Waals surface area contributed by atoms with Gasteiger partial charge in [-0.15, -0.1) is 0 Å². The van der Waals surface area contributed by atoms with Gasteiger partial charge in [0.2, 0.25) is 11.8 Å². The molecule has 2 rings (SSSR count). The minimum Gasteiger partial charge on any atom is -0.478 e.